The Kier molecular flexibility index (Phi) is 6.44. The molecular formula is C19H26FN3O3. The van der Waals surface area contributed by atoms with Gasteiger partial charge in [-0.25, -0.2) is 9.18 Å². The Morgan fingerprint density at radius 2 is 2.08 bits per heavy atom. The first-order chi connectivity index (χ1) is 12.6. The quantitative estimate of drug-likeness (QED) is 0.845. The van der Waals surface area contributed by atoms with Gasteiger partial charge in [-0.1, -0.05) is 12.1 Å². The van der Waals surface area contributed by atoms with E-state index >= 15 is 0 Å². The standard InChI is InChI=1S/C19H26FN3O3/c20-16-5-1-2-6-17(16)21-19(25)23(15-8-13-26-14-9-15)12-4-11-22-10-3-7-18(22)24/h1-2,5-6,15H,3-4,7-14H2,(H,21,25). The molecule has 0 bridgehead atoms. The van der Waals surface area contributed by atoms with E-state index in [2.05, 4.69) is 5.32 Å². The number of nitrogens with one attached hydrogen (secondary N) is 1. The maximum absolute atomic E-state index is 13.9. The summed E-state index contributed by atoms with van der Waals surface area (Å²) < 4.78 is 19.3. The Morgan fingerprint density at radius 3 is 2.77 bits per heavy atom. The molecule has 2 heterocycles. The maximum atomic E-state index is 13.9. The monoisotopic (exact) mass is 363 g/mol. The molecule has 0 aromatic heterocycles. The Morgan fingerprint density at radius 1 is 1.31 bits per heavy atom. The van der Waals surface area contributed by atoms with Crippen LogP contribution in [0, 0.1) is 5.82 Å². The van der Waals surface area contributed by atoms with Crippen LogP contribution in [0.5, 0.6) is 0 Å². The molecule has 0 atom stereocenters. The number of anilines is 1. The van der Waals surface area contributed by atoms with E-state index in [1.165, 1.54) is 6.07 Å². The number of urea groups is 1. The first-order valence-electron chi connectivity index (χ1n) is 9.33. The van der Waals surface area contributed by atoms with Gasteiger partial charge in [-0.15, -0.1) is 0 Å². The van der Waals surface area contributed by atoms with E-state index in [0.29, 0.717) is 39.1 Å². The van der Waals surface area contributed by atoms with Gasteiger partial charge in [0.1, 0.15) is 5.82 Å². The van der Waals surface area contributed by atoms with Crippen molar-refractivity contribution in [2.75, 3.05) is 38.2 Å². The van der Waals surface area contributed by atoms with Crippen LogP contribution in [0.2, 0.25) is 0 Å². The van der Waals surface area contributed by atoms with E-state index in [0.717, 1.165) is 25.8 Å². The molecule has 7 heteroatoms. The van der Waals surface area contributed by atoms with E-state index in [1.54, 1.807) is 23.1 Å². The highest BCUT2D eigenvalue weighted by Gasteiger charge is 2.27. The third-order valence-corrected chi connectivity index (χ3v) is 5.01. The molecule has 1 N–H and O–H groups in total. The Labute approximate surface area is 153 Å². The van der Waals surface area contributed by atoms with Crippen molar-refractivity contribution >= 4 is 17.6 Å². The predicted octanol–water partition coefficient (Wildman–Crippen LogP) is 2.85. The topological polar surface area (TPSA) is 61.9 Å². The van der Waals surface area contributed by atoms with E-state index < -0.39 is 5.82 Å². The highest BCUT2D eigenvalue weighted by molar-refractivity contribution is 5.89. The van der Waals surface area contributed by atoms with Crippen LogP contribution in [0.1, 0.15) is 32.1 Å². The Hall–Kier alpha value is -2.15. The third-order valence-electron chi connectivity index (χ3n) is 5.01. The molecule has 2 aliphatic rings. The second-order valence-electron chi connectivity index (χ2n) is 6.78. The van der Waals surface area contributed by atoms with Gasteiger partial charge in [-0.3, -0.25) is 4.79 Å². The number of carbonyl (C=O) groups excluding carboxylic acids is 2. The number of halogens is 1. The van der Waals surface area contributed by atoms with Crippen LogP contribution < -0.4 is 5.32 Å². The summed E-state index contributed by atoms with van der Waals surface area (Å²) in [5.41, 5.74) is 0.185. The molecule has 1 aromatic rings. The minimum Gasteiger partial charge on any atom is -0.381 e. The Bertz CT molecular complexity index is 634. The lowest BCUT2D eigenvalue weighted by Gasteiger charge is -2.34. The van der Waals surface area contributed by atoms with Crippen LogP contribution in [0.25, 0.3) is 0 Å². The average molecular weight is 363 g/mol. The van der Waals surface area contributed by atoms with Crippen molar-refractivity contribution in [3.63, 3.8) is 0 Å². The number of ether oxygens (including phenoxy) is 1. The lowest BCUT2D eigenvalue weighted by atomic mass is 10.1. The van der Waals surface area contributed by atoms with Crippen molar-refractivity contribution in [2.45, 2.75) is 38.1 Å². The van der Waals surface area contributed by atoms with Gasteiger partial charge in [-0.05, 0) is 37.8 Å². The SMILES string of the molecule is O=C1CCCN1CCCN(C(=O)Nc1ccccc1F)C1CCOCC1. The van der Waals surface area contributed by atoms with Gasteiger partial charge in [-0.2, -0.15) is 0 Å². The molecule has 0 spiro atoms. The molecule has 0 aliphatic carbocycles. The summed E-state index contributed by atoms with van der Waals surface area (Å²) in [5.74, 6) is -0.256. The third kappa shape index (κ3) is 4.72. The van der Waals surface area contributed by atoms with E-state index in [9.17, 15) is 14.0 Å². The van der Waals surface area contributed by atoms with Crippen molar-refractivity contribution in [3.05, 3.63) is 30.1 Å². The molecule has 2 saturated heterocycles. The molecule has 1 aromatic carbocycles. The summed E-state index contributed by atoms with van der Waals surface area (Å²) in [5, 5.41) is 2.69. The predicted molar refractivity (Wildman–Crippen MR) is 96.4 cm³/mol. The lowest BCUT2D eigenvalue weighted by Crippen LogP contribution is -2.46. The van der Waals surface area contributed by atoms with Gasteiger partial charge in [0.15, 0.2) is 0 Å². The van der Waals surface area contributed by atoms with Crippen LogP contribution in [0.4, 0.5) is 14.9 Å². The van der Waals surface area contributed by atoms with Gasteiger partial charge < -0.3 is 19.9 Å². The summed E-state index contributed by atoms with van der Waals surface area (Å²) in [7, 11) is 0. The number of carbonyl (C=O) groups is 2. The van der Waals surface area contributed by atoms with Crippen LogP contribution in [0.15, 0.2) is 24.3 Å². The lowest BCUT2D eigenvalue weighted by molar-refractivity contribution is -0.127. The number of hydrogen-bond acceptors (Lipinski definition) is 3. The molecule has 6 nitrogen and oxygen atoms in total. The van der Waals surface area contributed by atoms with Crippen molar-refractivity contribution in [3.8, 4) is 0 Å². The van der Waals surface area contributed by atoms with Gasteiger partial charge >= 0.3 is 6.03 Å². The van der Waals surface area contributed by atoms with Crippen molar-refractivity contribution < 1.29 is 18.7 Å². The van der Waals surface area contributed by atoms with Gasteiger partial charge in [0, 0.05) is 45.3 Å². The Balaban J connectivity index is 1.61. The smallest absolute Gasteiger partial charge is 0.322 e. The molecule has 0 unspecified atom stereocenters. The summed E-state index contributed by atoms with van der Waals surface area (Å²) >= 11 is 0. The number of hydrogen-bond donors (Lipinski definition) is 1. The minimum atomic E-state index is -0.449. The molecule has 3 amide bonds. The molecule has 26 heavy (non-hydrogen) atoms. The molecule has 142 valence electrons. The van der Waals surface area contributed by atoms with Crippen LogP contribution in [-0.4, -0.2) is 60.6 Å². The van der Waals surface area contributed by atoms with Crippen LogP contribution in [0.3, 0.4) is 0 Å². The zero-order valence-electron chi connectivity index (χ0n) is 15.0. The van der Waals surface area contributed by atoms with E-state index in [1.807, 2.05) is 4.90 Å². The van der Waals surface area contributed by atoms with E-state index in [4.69, 9.17) is 4.74 Å². The van der Waals surface area contributed by atoms with Crippen molar-refractivity contribution in [1.82, 2.24) is 9.80 Å². The second kappa shape index (κ2) is 8.98. The minimum absolute atomic E-state index is 0.0739. The zero-order valence-corrected chi connectivity index (χ0v) is 15.0. The van der Waals surface area contributed by atoms with Gasteiger partial charge in [0.25, 0.3) is 0 Å². The number of rotatable bonds is 6. The second-order valence-corrected chi connectivity index (χ2v) is 6.78. The molecule has 3 rings (SSSR count). The molecule has 2 aliphatic heterocycles. The normalized spacial score (nSPS) is 18.2. The summed E-state index contributed by atoms with van der Waals surface area (Å²) in [4.78, 5) is 28.2. The van der Waals surface area contributed by atoms with Gasteiger partial charge in [0.05, 0.1) is 5.69 Å². The summed E-state index contributed by atoms with van der Waals surface area (Å²) in [6, 6.07) is 5.94. The largest absolute Gasteiger partial charge is 0.381 e. The van der Waals surface area contributed by atoms with Crippen LogP contribution in [-0.2, 0) is 9.53 Å². The first-order valence-corrected chi connectivity index (χ1v) is 9.33. The number of benzene rings is 1. The van der Waals surface area contributed by atoms with Crippen molar-refractivity contribution in [2.24, 2.45) is 0 Å². The van der Waals surface area contributed by atoms with Crippen molar-refractivity contribution in [1.29, 1.82) is 0 Å². The summed E-state index contributed by atoms with van der Waals surface area (Å²) in [6.07, 6.45) is 3.79. The average Bonchev–Trinajstić information content (AvgIpc) is 3.06. The molecular weight excluding hydrogens is 337 g/mol. The number of nitrogens with zero attached hydrogens (tertiary/aromatic N) is 2. The highest BCUT2D eigenvalue weighted by Crippen LogP contribution is 2.19. The first kappa shape index (κ1) is 18.6. The fourth-order valence-electron chi connectivity index (χ4n) is 3.57. The fraction of sp³-hybridized carbons (Fsp3) is 0.579. The van der Waals surface area contributed by atoms with Crippen LogP contribution >= 0.6 is 0 Å². The van der Waals surface area contributed by atoms with E-state index in [-0.39, 0.29) is 23.7 Å². The highest BCUT2D eigenvalue weighted by atomic mass is 19.1. The zero-order chi connectivity index (χ0) is 18.4. The molecule has 0 radical (unpaired) electrons. The number of amides is 3. The molecule has 2 fully saturated rings. The number of para-hydroxylation sites is 1. The fourth-order valence-corrected chi connectivity index (χ4v) is 3.57. The maximum Gasteiger partial charge on any atom is 0.322 e. The van der Waals surface area contributed by atoms with Gasteiger partial charge in [0.2, 0.25) is 5.91 Å². The summed E-state index contributed by atoms with van der Waals surface area (Å²) in [6.45, 7) is 3.25. The number of likely N-dealkylation sites (tertiary alicyclic amines) is 1. The molecule has 0 saturated carbocycles.